The van der Waals surface area contributed by atoms with Gasteiger partial charge in [-0.1, -0.05) is 42.5 Å². The van der Waals surface area contributed by atoms with Crippen molar-refractivity contribution in [2.45, 2.75) is 18.6 Å². The second-order valence-electron chi connectivity index (χ2n) is 7.12. The molecule has 0 unspecified atom stereocenters. The molecule has 1 amide bonds. The molecular weight excluding hydrogens is 388 g/mol. The highest BCUT2D eigenvalue weighted by atomic mass is 32.1. The first-order valence-corrected chi connectivity index (χ1v) is 10.4. The molecule has 1 aliphatic heterocycles. The van der Waals surface area contributed by atoms with Crippen LogP contribution in [0.1, 0.15) is 22.3 Å². The Bertz CT molecular complexity index is 1080. The van der Waals surface area contributed by atoms with Gasteiger partial charge in [-0.15, -0.1) is 11.3 Å². The van der Waals surface area contributed by atoms with E-state index >= 15 is 0 Å². The molecule has 0 spiro atoms. The molecule has 29 heavy (non-hydrogen) atoms. The molecule has 2 N–H and O–H groups in total. The van der Waals surface area contributed by atoms with Gasteiger partial charge in [0.1, 0.15) is 5.56 Å². The van der Waals surface area contributed by atoms with Crippen molar-refractivity contribution in [3.8, 4) is 0 Å². The number of aliphatic hydroxyl groups is 1. The molecule has 7 nitrogen and oxygen atoms in total. The molecule has 3 aromatic rings. The van der Waals surface area contributed by atoms with Gasteiger partial charge in [0, 0.05) is 43.4 Å². The van der Waals surface area contributed by atoms with Gasteiger partial charge in [0.2, 0.25) is 0 Å². The monoisotopic (exact) mass is 410 g/mol. The summed E-state index contributed by atoms with van der Waals surface area (Å²) < 4.78 is 1.37. The van der Waals surface area contributed by atoms with Crippen molar-refractivity contribution < 1.29 is 9.90 Å². The minimum Gasteiger partial charge on any atom is -0.392 e. The lowest BCUT2D eigenvalue weighted by Gasteiger charge is -2.35. The third kappa shape index (κ3) is 4.61. The normalized spacial score (nSPS) is 20.3. The standard InChI is InChI=1S/C21H22N4O3S/c26-17-11-16(13-24(14-17)8-4-7-15-5-2-1-3-6-15)23-19(27)18-12-22-21-25(20(18)28)9-10-29-21/h1-7,9-10,12,16-17,26H,8,11,13-14H2,(H,23,27)/b7-4+/t16-,17+/m0/s1. The third-order valence-corrected chi connectivity index (χ3v) is 5.67. The van der Waals surface area contributed by atoms with Crippen molar-refractivity contribution in [1.82, 2.24) is 19.6 Å². The van der Waals surface area contributed by atoms with Crippen LogP contribution in [-0.4, -0.2) is 57.1 Å². The summed E-state index contributed by atoms with van der Waals surface area (Å²) >= 11 is 1.34. The summed E-state index contributed by atoms with van der Waals surface area (Å²) in [5, 5.41) is 14.9. The highest BCUT2D eigenvalue weighted by Crippen LogP contribution is 2.12. The van der Waals surface area contributed by atoms with Crippen molar-refractivity contribution >= 4 is 28.3 Å². The maximum atomic E-state index is 12.6. The van der Waals surface area contributed by atoms with E-state index < -0.39 is 12.0 Å². The Balaban J connectivity index is 1.40. The molecule has 0 saturated carbocycles. The van der Waals surface area contributed by atoms with E-state index in [1.54, 1.807) is 11.6 Å². The molecule has 2 aromatic heterocycles. The number of likely N-dealkylation sites (tertiary alicyclic amines) is 1. The first-order chi connectivity index (χ1) is 14.1. The first kappa shape index (κ1) is 19.5. The smallest absolute Gasteiger partial charge is 0.271 e. The summed E-state index contributed by atoms with van der Waals surface area (Å²) in [7, 11) is 0. The first-order valence-electron chi connectivity index (χ1n) is 9.48. The van der Waals surface area contributed by atoms with E-state index in [2.05, 4.69) is 15.2 Å². The highest BCUT2D eigenvalue weighted by Gasteiger charge is 2.27. The lowest BCUT2D eigenvalue weighted by atomic mass is 10.0. The number of hydrogen-bond donors (Lipinski definition) is 2. The zero-order chi connectivity index (χ0) is 20.2. The number of aliphatic hydroxyl groups excluding tert-OH is 1. The number of benzene rings is 1. The average Bonchev–Trinajstić information content (AvgIpc) is 3.18. The van der Waals surface area contributed by atoms with Gasteiger partial charge in [-0.3, -0.25) is 18.9 Å². The molecule has 0 radical (unpaired) electrons. The van der Waals surface area contributed by atoms with Crippen molar-refractivity contribution in [3.05, 3.63) is 75.7 Å². The Kier molecular flexibility index (Phi) is 5.84. The highest BCUT2D eigenvalue weighted by molar-refractivity contribution is 7.15. The molecule has 1 saturated heterocycles. The van der Waals surface area contributed by atoms with Crippen LogP contribution in [0.2, 0.25) is 0 Å². The van der Waals surface area contributed by atoms with Crippen LogP contribution >= 0.6 is 11.3 Å². The molecule has 1 aromatic carbocycles. The molecule has 4 rings (SSSR count). The lowest BCUT2D eigenvalue weighted by Crippen LogP contribution is -2.53. The van der Waals surface area contributed by atoms with Gasteiger partial charge in [-0.2, -0.15) is 0 Å². The van der Waals surface area contributed by atoms with E-state index in [0.29, 0.717) is 31.0 Å². The van der Waals surface area contributed by atoms with E-state index in [0.717, 1.165) is 5.56 Å². The number of carbonyl (C=O) groups excluding carboxylic acids is 1. The van der Waals surface area contributed by atoms with Crippen LogP contribution in [0.5, 0.6) is 0 Å². The predicted octanol–water partition coefficient (Wildman–Crippen LogP) is 1.63. The van der Waals surface area contributed by atoms with E-state index in [4.69, 9.17) is 0 Å². The summed E-state index contributed by atoms with van der Waals surface area (Å²) in [5.41, 5.74) is 0.746. The zero-order valence-electron chi connectivity index (χ0n) is 15.8. The molecule has 2 atom stereocenters. The van der Waals surface area contributed by atoms with Crippen LogP contribution in [0.15, 0.2) is 59.0 Å². The minimum atomic E-state index is -0.530. The van der Waals surface area contributed by atoms with Gasteiger partial charge < -0.3 is 10.4 Å². The number of hydrogen-bond acceptors (Lipinski definition) is 6. The van der Waals surface area contributed by atoms with E-state index in [-0.39, 0.29) is 17.2 Å². The number of carbonyl (C=O) groups is 1. The van der Waals surface area contributed by atoms with Gasteiger partial charge in [0.05, 0.1) is 6.10 Å². The molecule has 3 heterocycles. The topological polar surface area (TPSA) is 86.9 Å². The Morgan fingerprint density at radius 2 is 2.14 bits per heavy atom. The Morgan fingerprint density at radius 1 is 1.31 bits per heavy atom. The van der Waals surface area contributed by atoms with E-state index in [1.807, 2.05) is 42.5 Å². The van der Waals surface area contributed by atoms with Crippen molar-refractivity contribution in [2.75, 3.05) is 19.6 Å². The van der Waals surface area contributed by atoms with Crippen LogP contribution in [0.25, 0.3) is 11.0 Å². The minimum absolute atomic E-state index is 0.0106. The summed E-state index contributed by atoms with van der Waals surface area (Å²) in [6.45, 7) is 1.83. The number of fused-ring (bicyclic) bond motifs is 1. The summed E-state index contributed by atoms with van der Waals surface area (Å²) in [6.07, 6.45) is 6.95. The number of amides is 1. The Morgan fingerprint density at radius 3 is 2.97 bits per heavy atom. The van der Waals surface area contributed by atoms with Crippen molar-refractivity contribution in [1.29, 1.82) is 0 Å². The van der Waals surface area contributed by atoms with Crippen LogP contribution in [0, 0.1) is 0 Å². The molecule has 150 valence electrons. The van der Waals surface area contributed by atoms with E-state index in [9.17, 15) is 14.7 Å². The van der Waals surface area contributed by atoms with Crippen LogP contribution in [0.3, 0.4) is 0 Å². The van der Waals surface area contributed by atoms with Crippen LogP contribution < -0.4 is 10.9 Å². The average molecular weight is 410 g/mol. The quantitative estimate of drug-likeness (QED) is 0.668. The van der Waals surface area contributed by atoms with Crippen molar-refractivity contribution in [3.63, 3.8) is 0 Å². The number of thiazole rings is 1. The van der Waals surface area contributed by atoms with Gasteiger partial charge in [-0.05, 0) is 12.0 Å². The van der Waals surface area contributed by atoms with Crippen LogP contribution in [-0.2, 0) is 0 Å². The van der Waals surface area contributed by atoms with Gasteiger partial charge in [0.15, 0.2) is 4.96 Å². The number of β-amino-alcohol motifs (C(OH)–C–C–N with tert-alkyl or cyclic N) is 1. The lowest BCUT2D eigenvalue weighted by molar-refractivity contribution is 0.0544. The molecule has 0 bridgehead atoms. The summed E-state index contributed by atoms with van der Waals surface area (Å²) in [4.78, 5) is 31.9. The van der Waals surface area contributed by atoms with Gasteiger partial charge >= 0.3 is 0 Å². The predicted molar refractivity (Wildman–Crippen MR) is 113 cm³/mol. The largest absolute Gasteiger partial charge is 0.392 e. The SMILES string of the molecule is O=C(N[C@H]1C[C@@H](O)CN(C/C=C/c2ccccc2)C1)c1cnc2sccn2c1=O. The van der Waals surface area contributed by atoms with Gasteiger partial charge in [0.25, 0.3) is 11.5 Å². The molecule has 1 fully saturated rings. The maximum Gasteiger partial charge on any atom is 0.271 e. The summed E-state index contributed by atoms with van der Waals surface area (Å²) in [6, 6.07) is 9.77. The Hall–Kier alpha value is -2.81. The van der Waals surface area contributed by atoms with Crippen LogP contribution in [0.4, 0.5) is 0 Å². The molecule has 1 aliphatic rings. The fraction of sp³-hybridized carbons (Fsp3) is 0.286. The number of rotatable bonds is 5. The number of nitrogens with zero attached hydrogens (tertiary/aromatic N) is 3. The Labute approximate surface area is 171 Å². The third-order valence-electron chi connectivity index (χ3n) is 4.90. The van der Waals surface area contributed by atoms with Crippen molar-refractivity contribution in [2.24, 2.45) is 0 Å². The second-order valence-corrected chi connectivity index (χ2v) is 8.00. The zero-order valence-corrected chi connectivity index (χ0v) is 16.6. The maximum absolute atomic E-state index is 12.6. The number of piperidine rings is 1. The molecule has 8 heteroatoms. The second kappa shape index (κ2) is 8.69. The van der Waals surface area contributed by atoms with E-state index in [1.165, 1.54) is 21.9 Å². The molecular formula is C21H22N4O3S. The fourth-order valence-electron chi connectivity index (χ4n) is 3.56. The van der Waals surface area contributed by atoms with Gasteiger partial charge in [-0.25, -0.2) is 4.98 Å². The number of nitrogens with one attached hydrogen (secondary N) is 1. The fourth-order valence-corrected chi connectivity index (χ4v) is 4.24. The molecule has 0 aliphatic carbocycles. The number of aromatic nitrogens is 2. The summed E-state index contributed by atoms with van der Waals surface area (Å²) in [5.74, 6) is -0.457.